The fraction of sp³-hybridized carbons (Fsp3) is 0.588. The van der Waals surface area contributed by atoms with Crippen molar-refractivity contribution in [3.05, 3.63) is 29.8 Å². The van der Waals surface area contributed by atoms with Crippen LogP contribution in [0.2, 0.25) is 0 Å². The third-order valence-corrected chi connectivity index (χ3v) is 4.18. The molecule has 2 atom stereocenters. The summed E-state index contributed by atoms with van der Waals surface area (Å²) in [5, 5.41) is 8.75. The summed E-state index contributed by atoms with van der Waals surface area (Å²) in [6.45, 7) is 6.48. The van der Waals surface area contributed by atoms with E-state index in [9.17, 15) is 0 Å². The second kappa shape index (κ2) is 7.44. The van der Waals surface area contributed by atoms with Crippen LogP contribution in [0.5, 0.6) is 5.75 Å². The van der Waals surface area contributed by atoms with E-state index in [1.165, 1.54) is 6.54 Å². The van der Waals surface area contributed by atoms with Crippen LogP contribution in [-0.4, -0.2) is 56.2 Å². The lowest BCUT2D eigenvalue weighted by molar-refractivity contribution is 0.238. The third kappa shape index (κ3) is 4.45. The number of hydrogen-bond donors (Lipinski definition) is 0. The molecule has 1 aliphatic heterocycles. The Kier molecular flexibility index (Phi) is 5.60. The van der Waals surface area contributed by atoms with Gasteiger partial charge in [-0.05, 0) is 50.7 Å². The van der Waals surface area contributed by atoms with E-state index in [2.05, 4.69) is 36.9 Å². The number of likely N-dealkylation sites (tertiary alicyclic amines) is 1. The lowest BCUT2D eigenvalue weighted by Crippen LogP contribution is -2.34. The number of rotatable bonds is 6. The molecule has 1 saturated heterocycles. The zero-order chi connectivity index (χ0) is 15.2. The van der Waals surface area contributed by atoms with Gasteiger partial charge in [-0.2, -0.15) is 5.26 Å². The fourth-order valence-electron chi connectivity index (χ4n) is 3.01. The van der Waals surface area contributed by atoms with Gasteiger partial charge in [-0.15, -0.1) is 0 Å². The molecule has 21 heavy (non-hydrogen) atoms. The van der Waals surface area contributed by atoms with Gasteiger partial charge in [-0.3, -0.25) is 0 Å². The zero-order valence-electron chi connectivity index (χ0n) is 13.2. The van der Waals surface area contributed by atoms with Crippen LogP contribution >= 0.6 is 0 Å². The molecule has 2 rings (SSSR count). The van der Waals surface area contributed by atoms with E-state index in [1.807, 2.05) is 12.1 Å². The molecule has 1 aromatic rings. The molecule has 114 valence electrons. The third-order valence-electron chi connectivity index (χ3n) is 4.18. The van der Waals surface area contributed by atoms with Gasteiger partial charge < -0.3 is 14.5 Å². The van der Waals surface area contributed by atoms with Crippen LogP contribution < -0.4 is 4.74 Å². The number of nitriles is 1. The van der Waals surface area contributed by atoms with Gasteiger partial charge in [0, 0.05) is 25.7 Å². The van der Waals surface area contributed by atoms with E-state index >= 15 is 0 Å². The summed E-state index contributed by atoms with van der Waals surface area (Å²) >= 11 is 0. The molecule has 1 fully saturated rings. The topological polar surface area (TPSA) is 39.5 Å². The molecule has 0 bridgehead atoms. The van der Waals surface area contributed by atoms with Crippen LogP contribution in [0.15, 0.2) is 24.3 Å². The lowest BCUT2D eigenvalue weighted by Gasteiger charge is -2.22. The monoisotopic (exact) mass is 287 g/mol. The summed E-state index contributed by atoms with van der Waals surface area (Å²) in [7, 11) is 4.33. The van der Waals surface area contributed by atoms with E-state index in [1.54, 1.807) is 12.1 Å². The summed E-state index contributed by atoms with van der Waals surface area (Å²) in [5.74, 6) is 1.58. The number of benzene rings is 1. The van der Waals surface area contributed by atoms with Crippen molar-refractivity contribution in [2.45, 2.75) is 19.4 Å². The van der Waals surface area contributed by atoms with Crippen LogP contribution in [0.1, 0.15) is 18.9 Å². The van der Waals surface area contributed by atoms with Crippen LogP contribution in [0, 0.1) is 17.2 Å². The molecule has 0 radical (unpaired) electrons. The van der Waals surface area contributed by atoms with E-state index in [-0.39, 0.29) is 0 Å². The molecule has 0 unspecified atom stereocenters. The highest BCUT2D eigenvalue weighted by molar-refractivity contribution is 5.34. The predicted octanol–water partition coefficient (Wildman–Crippen LogP) is 2.21. The summed E-state index contributed by atoms with van der Waals surface area (Å²) in [4.78, 5) is 4.86. The van der Waals surface area contributed by atoms with Crippen LogP contribution in [0.3, 0.4) is 0 Å². The Morgan fingerprint density at radius 2 is 2.00 bits per heavy atom. The van der Waals surface area contributed by atoms with Gasteiger partial charge in [0.1, 0.15) is 5.75 Å². The molecule has 0 amide bonds. The highest BCUT2D eigenvalue weighted by Gasteiger charge is 2.30. The van der Waals surface area contributed by atoms with Gasteiger partial charge in [0.15, 0.2) is 0 Å². The Labute approximate surface area is 127 Å². The van der Waals surface area contributed by atoms with Crippen molar-refractivity contribution in [2.75, 3.05) is 40.3 Å². The van der Waals surface area contributed by atoms with Crippen molar-refractivity contribution < 1.29 is 4.74 Å². The second-order valence-corrected chi connectivity index (χ2v) is 6.11. The van der Waals surface area contributed by atoms with Crippen molar-refractivity contribution in [3.63, 3.8) is 0 Å². The Hall–Kier alpha value is -1.57. The highest BCUT2D eigenvalue weighted by Crippen LogP contribution is 2.20. The Morgan fingerprint density at radius 1 is 1.29 bits per heavy atom. The Balaban J connectivity index is 1.67. The number of hydrogen-bond acceptors (Lipinski definition) is 4. The van der Waals surface area contributed by atoms with Gasteiger partial charge in [0.2, 0.25) is 0 Å². The molecule has 0 N–H and O–H groups in total. The smallest absolute Gasteiger partial charge is 0.119 e. The van der Waals surface area contributed by atoms with Crippen molar-refractivity contribution in [1.82, 2.24) is 9.80 Å². The van der Waals surface area contributed by atoms with Crippen molar-refractivity contribution >= 4 is 0 Å². The van der Waals surface area contributed by atoms with Gasteiger partial charge in [-0.1, -0.05) is 6.92 Å². The summed E-state index contributed by atoms with van der Waals surface area (Å²) in [6.07, 6.45) is 1.03. The number of likely N-dealkylation sites (N-methyl/N-ethyl adjacent to an activating group) is 1. The number of nitrogens with zero attached hydrogens (tertiary/aromatic N) is 3. The first-order valence-electron chi connectivity index (χ1n) is 7.62. The molecule has 1 aliphatic rings. The average molecular weight is 287 g/mol. The molecule has 0 aromatic heterocycles. The summed E-state index contributed by atoms with van der Waals surface area (Å²) in [5.41, 5.74) is 0.670. The van der Waals surface area contributed by atoms with E-state index in [0.717, 1.165) is 37.8 Å². The molecule has 0 saturated carbocycles. The van der Waals surface area contributed by atoms with Gasteiger partial charge in [0.25, 0.3) is 0 Å². The maximum Gasteiger partial charge on any atom is 0.119 e. The maximum atomic E-state index is 8.75. The van der Waals surface area contributed by atoms with Gasteiger partial charge in [-0.25, -0.2) is 0 Å². The molecular formula is C17H25N3O. The van der Waals surface area contributed by atoms with E-state index in [4.69, 9.17) is 10.00 Å². The quantitative estimate of drug-likeness (QED) is 0.752. The summed E-state index contributed by atoms with van der Waals surface area (Å²) < 4.78 is 5.72. The molecule has 0 aliphatic carbocycles. The molecule has 0 spiro atoms. The first-order chi connectivity index (χ1) is 10.1. The predicted molar refractivity (Wildman–Crippen MR) is 84.3 cm³/mol. The molecule has 4 heteroatoms. The van der Waals surface area contributed by atoms with Crippen molar-refractivity contribution in [2.24, 2.45) is 5.92 Å². The van der Waals surface area contributed by atoms with Crippen LogP contribution in [0.4, 0.5) is 0 Å². The van der Waals surface area contributed by atoms with Gasteiger partial charge in [0.05, 0.1) is 18.2 Å². The lowest BCUT2D eigenvalue weighted by atomic mass is 10.1. The Bertz CT molecular complexity index is 478. The van der Waals surface area contributed by atoms with E-state index < -0.39 is 0 Å². The zero-order valence-corrected chi connectivity index (χ0v) is 13.2. The average Bonchev–Trinajstić information content (AvgIpc) is 2.85. The molecule has 4 nitrogen and oxygen atoms in total. The molecular weight excluding hydrogens is 262 g/mol. The van der Waals surface area contributed by atoms with Gasteiger partial charge >= 0.3 is 0 Å². The van der Waals surface area contributed by atoms with E-state index in [0.29, 0.717) is 11.6 Å². The maximum absolute atomic E-state index is 8.75. The fourth-order valence-corrected chi connectivity index (χ4v) is 3.01. The van der Waals surface area contributed by atoms with Crippen molar-refractivity contribution in [3.8, 4) is 11.8 Å². The Morgan fingerprint density at radius 3 is 2.57 bits per heavy atom. The SMILES string of the molecule is C[C@@H]1CN(CCCOc2ccc(C#N)cc2)C[C@H]1N(C)C. The second-order valence-electron chi connectivity index (χ2n) is 6.11. The highest BCUT2D eigenvalue weighted by atomic mass is 16.5. The number of ether oxygens (including phenoxy) is 1. The normalized spacial score (nSPS) is 22.4. The van der Waals surface area contributed by atoms with Crippen molar-refractivity contribution in [1.29, 1.82) is 5.26 Å². The minimum Gasteiger partial charge on any atom is -0.494 e. The standard InChI is InChI=1S/C17H25N3O/c1-14-12-20(13-17(14)19(2)3)9-4-10-21-16-7-5-15(11-18)6-8-16/h5-8,14,17H,4,9-10,12-13H2,1-3H3/t14-,17-/m1/s1. The first-order valence-corrected chi connectivity index (χ1v) is 7.62. The van der Waals surface area contributed by atoms with Crippen LogP contribution in [-0.2, 0) is 0 Å². The molecule has 1 aromatic carbocycles. The summed E-state index contributed by atoms with van der Waals surface area (Å²) in [6, 6.07) is 10.1. The first kappa shape index (κ1) is 15.8. The largest absolute Gasteiger partial charge is 0.494 e. The van der Waals surface area contributed by atoms with Crippen LogP contribution in [0.25, 0.3) is 0 Å². The molecule has 1 heterocycles. The minimum atomic E-state index is 0.670. The minimum absolute atomic E-state index is 0.670.